The molecule has 0 amide bonds. The second-order valence-corrected chi connectivity index (χ2v) is 10.7. The van der Waals surface area contributed by atoms with Crippen molar-refractivity contribution in [2.45, 2.75) is 88.0 Å². The summed E-state index contributed by atoms with van der Waals surface area (Å²) in [7, 11) is 5.83. The van der Waals surface area contributed by atoms with Crippen LogP contribution in [-0.2, 0) is 0 Å². The highest BCUT2D eigenvalue weighted by Gasteiger charge is 2.35. The SMILES string of the molecule is [B]C(=C)CC(C)(C)CC(C)(C)CC(C)(C)C(=C)CC(C)(C)C. The van der Waals surface area contributed by atoms with Crippen molar-refractivity contribution in [2.75, 3.05) is 0 Å². The van der Waals surface area contributed by atoms with E-state index < -0.39 is 0 Å². The lowest BCUT2D eigenvalue weighted by atomic mass is 9.63. The number of hydrogen-bond donors (Lipinski definition) is 0. The minimum Gasteiger partial charge on any atom is -0.124 e. The summed E-state index contributed by atoms with van der Waals surface area (Å²) in [4.78, 5) is 0. The van der Waals surface area contributed by atoms with Crippen LogP contribution in [0.1, 0.15) is 88.0 Å². The zero-order chi connectivity index (χ0) is 18.0. The van der Waals surface area contributed by atoms with Crippen LogP contribution in [-0.4, -0.2) is 7.85 Å². The Bertz CT molecular complexity index is 402. The molecule has 0 aliphatic carbocycles. The first-order valence-corrected chi connectivity index (χ1v) is 8.57. The molecule has 0 aliphatic heterocycles. The Morgan fingerprint density at radius 2 is 1.18 bits per heavy atom. The Hall–Kier alpha value is -0.455. The number of allylic oxidation sites excluding steroid dienone is 2. The normalized spacial score (nSPS) is 14.0. The lowest BCUT2D eigenvalue weighted by Crippen LogP contribution is -2.30. The summed E-state index contributed by atoms with van der Waals surface area (Å²) >= 11 is 0. The molecular weight excluding hydrogens is 263 g/mol. The molecule has 0 heterocycles. The molecule has 22 heavy (non-hydrogen) atoms. The van der Waals surface area contributed by atoms with E-state index in [1.54, 1.807) is 0 Å². The van der Waals surface area contributed by atoms with Crippen LogP contribution in [0.15, 0.2) is 24.2 Å². The quantitative estimate of drug-likeness (QED) is 0.337. The van der Waals surface area contributed by atoms with Crippen molar-refractivity contribution < 1.29 is 0 Å². The van der Waals surface area contributed by atoms with Crippen molar-refractivity contribution in [1.82, 2.24) is 0 Å². The molecule has 0 saturated carbocycles. The number of rotatable bonds is 8. The van der Waals surface area contributed by atoms with Crippen molar-refractivity contribution in [2.24, 2.45) is 21.7 Å². The molecule has 0 unspecified atom stereocenters. The average Bonchev–Trinajstić information content (AvgIpc) is 2.06. The van der Waals surface area contributed by atoms with Gasteiger partial charge in [0.25, 0.3) is 0 Å². The summed E-state index contributed by atoms with van der Waals surface area (Å²) in [5.74, 6) is 0. The summed E-state index contributed by atoms with van der Waals surface area (Å²) in [5, 5.41) is 0. The second-order valence-electron chi connectivity index (χ2n) is 10.7. The fraction of sp³-hybridized carbons (Fsp3) is 0.810. The first kappa shape index (κ1) is 21.5. The Balaban J connectivity index is 4.94. The monoisotopic (exact) mass is 302 g/mol. The predicted molar refractivity (Wildman–Crippen MR) is 103 cm³/mol. The van der Waals surface area contributed by atoms with Gasteiger partial charge in [0.2, 0.25) is 0 Å². The molecule has 0 aromatic heterocycles. The first-order valence-electron chi connectivity index (χ1n) is 8.57. The third-order valence-corrected chi connectivity index (χ3v) is 4.28. The Morgan fingerprint density at radius 1 is 0.727 bits per heavy atom. The fourth-order valence-corrected chi connectivity index (χ4v) is 4.24. The highest BCUT2D eigenvalue weighted by Crippen LogP contribution is 2.47. The van der Waals surface area contributed by atoms with Crippen LogP contribution in [0.25, 0.3) is 0 Å². The van der Waals surface area contributed by atoms with Crippen LogP contribution in [0.5, 0.6) is 0 Å². The Labute approximate surface area is 142 Å². The summed E-state index contributed by atoms with van der Waals surface area (Å²) in [6.45, 7) is 29.2. The molecule has 0 saturated heterocycles. The van der Waals surface area contributed by atoms with E-state index in [-0.39, 0.29) is 16.2 Å². The van der Waals surface area contributed by atoms with Crippen LogP contribution in [0, 0.1) is 21.7 Å². The molecule has 0 nitrogen and oxygen atoms in total. The van der Waals surface area contributed by atoms with Crippen molar-refractivity contribution in [1.29, 1.82) is 0 Å². The second kappa shape index (κ2) is 6.97. The lowest BCUT2D eigenvalue weighted by Gasteiger charge is -2.42. The van der Waals surface area contributed by atoms with Crippen molar-refractivity contribution in [3.63, 3.8) is 0 Å². The zero-order valence-electron chi connectivity index (χ0n) is 16.8. The van der Waals surface area contributed by atoms with Crippen molar-refractivity contribution >= 4 is 7.85 Å². The molecule has 0 aromatic rings. The molecule has 1 heteroatoms. The third kappa shape index (κ3) is 8.86. The minimum absolute atomic E-state index is 0.159. The largest absolute Gasteiger partial charge is 0.124 e. The number of hydrogen-bond acceptors (Lipinski definition) is 0. The predicted octanol–water partition coefficient (Wildman–Crippen LogP) is 6.91. The topological polar surface area (TPSA) is 0 Å². The lowest BCUT2D eigenvalue weighted by molar-refractivity contribution is 0.136. The van der Waals surface area contributed by atoms with E-state index in [4.69, 9.17) is 7.85 Å². The van der Waals surface area contributed by atoms with E-state index in [0.29, 0.717) is 5.41 Å². The van der Waals surface area contributed by atoms with Crippen LogP contribution in [0.4, 0.5) is 0 Å². The maximum atomic E-state index is 5.83. The highest BCUT2D eigenvalue weighted by molar-refractivity contribution is 6.21. The summed E-state index contributed by atoms with van der Waals surface area (Å²) < 4.78 is 0. The summed E-state index contributed by atoms with van der Waals surface area (Å²) in [6, 6.07) is 0. The van der Waals surface area contributed by atoms with Gasteiger partial charge in [-0.3, -0.25) is 0 Å². The Morgan fingerprint density at radius 3 is 1.55 bits per heavy atom. The molecule has 0 spiro atoms. The van der Waals surface area contributed by atoms with Gasteiger partial charge in [-0.05, 0) is 47.3 Å². The summed E-state index contributed by atoms with van der Waals surface area (Å²) in [5.41, 5.74) is 3.06. The van der Waals surface area contributed by atoms with Gasteiger partial charge in [-0.25, -0.2) is 0 Å². The average molecular weight is 302 g/mol. The molecule has 126 valence electrons. The van der Waals surface area contributed by atoms with Crippen LogP contribution in [0.2, 0.25) is 0 Å². The molecule has 0 fully saturated rings. The van der Waals surface area contributed by atoms with Gasteiger partial charge >= 0.3 is 0 Å². The van der Waals surface area contributed by atoms with E-state index in [1.807, 2.05) is 0 Å². The van der Waals surface area contributed by atoms with Gasteiger partial charge in [0.15, 0.2) is 0 Å². The summed E-state index contributed by atoms with van der Waals surface area (Å²) in [6.07, 6.45) is 4.26. The van der Waals surface area contributed by atoms with Gasteiger partial charge in [0, 0.05) is 0 Å². The minimum atomic E-state index is 0.159. The van der Waals surface area contributed by atoms with Crippen molar-refractivity contribution in [3.8, 4) is 0 Å². The smallest absolute Gasteiger partial charge is 0.106 e. The molecule has 0 bridgehead atoms. The Kier molecular flexibility index (Phi) is 6.83. The molecule has 0 atom stereocenters. The molecule has 0 N–H and O–H groups in total. The van der Waals surface area contributed by atoms with Gasteiger partial charge in [-0.15, -0.1) is 12.1 Å². The highest BCUT2D eigenvalue weighted by atomic mass is 14.4. The third-order valence-electron chi connectivity index (χ3n) is 4.28. The standard InChI is InChI=1S/C21H39B/c1-16(12-18(3,4)5)21(10,11)15-20(8,9)14-19(6,7)13-17(2)22/h1-2,12-15H2,3-11H3. The maximum absolute atomic E-state index is 5.83. The van der Waals surface area contributed by atoms with Crippen LogP contribution >= 0.6 is 0 Å². The maximum Gasteiger partial charge on any atom is 0.106 e. The van der Waals surface area contributed by atoms with Gasteiger partial charge in [0.05, 0.1) is 0 Å². The van der Waals surface area contributed by atoms with E-state index in [2.05, 4.69) is 75.5 Å². The van der Waals surface area contributed by atoms with Crippen LogP contribution < -0.4 is 0 Å². The molecular formula is C21H39B. The van der Waals surface area contributed by atoms with E-state index in [9.17, 15) is 0 Å². The van der Waals surface area contributed by atoms with Gasteiger partial charge in [0.1, 0.15) is 7.85 Å². The molecule has 0 rings (SSSR count). The molecule has 0 aliphatic rings. The van der Waals surface area contributed by atoms with Crippen molar-refractivity contribution in [3.05, 3.63) is 24.2 Å². The van der Waals surface area contributed by atoms with Crippen LogP contribution in [0.3, 0.4) is 0 Å². The first-order chi connectivity index (χ1) is 9.46. The fourth-order valence-electron chi connectivity index (χ4n) is 4.24. The van der Waals surface area contributed by atoms with E-state index in [0.717, 1.165) is 31.2 Å². The van der Waals surface area contributed by atoms with E-state index in [1.165, 1.54) is 5.57 Å². The van der Waals surface area contributed by atoms with Gasteiger partial charge in [-0.1, -0.05) is 74.5 Å². The molecule has 0 aromatic carbocycles. The van der Waals surface area contributed by atoms with Gasteiger partial charge in [-0.2, -0.15) is 0 Å². The molecule has 2 radical (unpaired) electrons. The van der Waals surface area contributed by atoms with E-state index >= 15 is 0 Å². The zero-order valence-corrected chi connectivity index (χ0v) is 16.8. The van der Waals surface area contributed by atoms with Gasteiger partial charge < -0.3 is 0 Å².